The minimum Gasteiger partial charge on any atom is -0.445 e. The number of carbonyl (C=O) groups is 1. The zero-order chi connectivity index (χ0) is 12.1. The molecule has 1 aliphatic rings. The van der Waals surface area contributed by atoms with E-state index in [4.69, 9.17) is 4.74 Å². The number of hydrogen-bond donors (Lipinski definition) is 2. The molecule has 1 fully saturated rings. The van der Waals surface area contributed by atoms with Gasteiger partial charge in [-0.1, -0.05) is 30.3 Å². The van der Waals surface area contributed by atoms with Gasteiger partial charge >= 0.3 is 6.09 Å². The Labute approximate surface area is 101 Å². The molecule has 17 heavy (non-hydrogen) atoms. The van der Waals surface area contributed by atoms with Crippen molar-refractivity contribution < 1.29 is 14.6 Å². The molecule has 1 aromatic rings. The zero-order valence-corrected chi connectivity index (χ0v) is 9.63. The molecule has 0 spiro atoms. The first-order chi connectivity index (χ1) is 8.25. The van der Waals surface area contributed by atoms with Gasteiger partial charge in [0.25, 0.3) is 0 Å². The highest BCUT2D eigenvalue weighted by Crippen LogP contribution is 2.26. The summed E-state index contributed by atoms with van der Waals surface area (Å²) >= 11 is 0. The van der Waals surface area contributed by atoms with Crippen molar-refractivity contribution in [1.29, 1.82) is 0 Å². The van der Waals surface area contributed by atoms with Crippen LogP contribution in [-0.4, -0.2) is 23.8 Å². The van der Waals surface area contributed by atoms with Gasteiger partial charge in [-0.2, -0.15) is 0 Å². The SMILES string of the molecule is O=C(NC[C@@H]1CC[C@H]1O)OCc1ccccc1. The Kier molecular flexibility index (Phi) is 3.98. The van der Waals surface area contributed by atoms with E-state index in [0.29, 0.717) is 6.54 Å². The number of hydrogen-bond acceptors (Lipinski definition) is 3. The molecule has 0 heterocycles. The minimum atomic E-state index is -0.423. The molecule has 4 nitrogen and oxygen atoms in total. The maximum absolute atomic E-state index is 11.4. The van der Waals surface area contributed by atoms with Gasteiger partial charge in [-0.3, -0.25) is 0 Å². The van der Waals surface area contributed by atoms with Gasteiger partial charge in [-0.15, -0.1) is 0 Å². The van der Waals surface area contributed by atoms with Crippen LogP contribution in [0.3, 0.4) is 0 Å². The van der Waals surface area contributed by atoms with E-state index >= 15 is 0 Å². The van der Waals surface area contributed by atoms with Gasteiger partial charge in [-0.05, 0) is 18.4 Å². The van der Waals surface area contributed by atoms with Gasteiger partial charge in [0.15, 0.2) is 0 Å². The molecule has 92 valence electrons. The molecule has 2 atom stereocenters. The molecule has 1 aromatic carbocycles. The number of benzene rings is 1. The topological polar surface area (TPSA) is 58.6 Å². The second-order valence-electron chi connectivity index (χ2n) is 4.35. The Balaban J connectivity index is 1.64. The Morgan fingerprint density at radius 2 is 2.12 bits per heavy atom. The average molecular weight is 235 g/mol. The Bertz CT molecular complexity index is 366. The van der Waals surface area contributed by atoms with Crippen molar-refractivity contribution in [2.75, 3.05) is 6.54 Å². The van der Waals surface area contributed by atoms with Gasteiger partial charge in [0.2, 0.25) is 0 Å². The quantitative estimate of drug-likeness (QED) is 0.834. The first-order valence-electron chi connectivity index (χ1n) is 5.88. The third-order valence-electron chi connectivity index (χ3n) is 3.10. The molecule has 0 radical (unpaired) electrons. The number of amides is 1. The fourth-order valence-corrected chi connectivity index (χ4v) is 1.78. The van der Waals surface area contributed by atoms with Crippen molar-refractivity contribution in [2.45, 2.75) is 25.6 Å². The summed E-state index contributed by atoms with van der Waals surface area (Å²) in [6.07, 6.45) is 1.13. The first-order valence-corrected chi connectivity index (χ1v) is 5.88. The monoisotopic (exact) mass is 235 g/mol. The highest BCUT2D eigenvalue weighted by atomic mass is 16.5. The summed E-state index contributed by atoms with van der Waals surface area (Å²) in [5, 5.41) is 12.0. The third-order valence-corrected chi connectivity index (χ3v) is 3.10. The molecule has 0 aliphatic heterocycles. The second-order valence-corrected chi connectivity index (χ2v) is 4.35. The molecule has 0 aromatic heterocycles. The van der Waals surface area contributed by atoms with Crippen molar-refractivity contribution in [2.24, 2.45) is 5.92 Å². The highest BCUT2D eigenvalue weighted by Gasteiger charge is 2.28. The van der Waals surface area contributed by atoms with E-state index in [0.717, 1.165) is 18.4 Å². The summed E-state index contributed by atoms with van der Waals surface area (Å²) in [5.74, 6) is 0.194. The number of aliphatic hydroxyl groups excluding tert-OH is 1. The van der Waals surface area contributed by atoms with E-state index in [2.05, 4.69) is 5.32 Å². The maximum atomic E-state index is 11.4. The predicted molar refractivity (Wildman–Crippen MR) is 63.4 cm³/mol. The van der Waals surface area contributed by atoms with Crippen LogP contribution in [0.15, 0.2) is 30.3 Å². The molecule has 1 amide bonds. The normalized spacial score (nSPS) is 22.6. The molecule has 0 unspecified atom stereocenters. The Morgan fingerprint density at radius 1 is 1.35 bits per heavy atom. The Morgan fingerprint density at radius 3 is 2.71 bits per heavy atom. The van der Waals surface area contributed by atoms with Gasteiger partial charge in [0.1, 0.15) is 6.61 Å². The zero-order valence-electron chi connectivity index (χ0n) is 9.63. The summed E-state index contributed by atoms with van der Waals surface area (Å²) in [7, 11) is 0. The molecule has 0 bridgehead atoms. The van der Waals surface area contributed by atoms with Gasteiger partial charge in [-0.25, -0.2) is 4.79 Å². The number of ether oxygens (including phenoxy) is 1. The molecular formula is C13H17NO3. The first kappa shape index (κ1) is 11.9. The van der Waals surface area contributed by atoms with E-state index in [9.17, 15) is 9.90 Å². The highest BCUT2D eigenvalue weighted by molar-refractivity contribution is 5.67. The minimum absolute atomic E-state index is 0.194. The van der Waals surface area contributed by atoms with Crippen LogP contribution < -0.4 is 5.32 Å². The van der Waals surface area contributed by atoms with E-state index in [1.54, 1.807) is 0 Å². The van der Waals surface area contributed by atoms with Crippen molar-refractivity contribution in [3.63, 3.8) is 0 Å². The van der Waals surface area contributed by atoms with Crippen LogP contribution in [0.25, 0.3) is 0 Å². The average Bonchev–Trinajstić information content (AvgIpc) is 2.36. The summed E-state index contributed by atoms with van der Waals surface area (Å²) in [6, 6.07) is 9.54. The molecule has 2 N–H and O–H groups in total. The lowest BCUT2D eigenvalue weighted by atomic mass is 9.82. The molecule has 4 heteroatoms. The summed E-state index contributed by atoms with van der Waals surface area (Å²) in [6.45, 7) is 0.773. The van der Waals surface area contributed by atoms with Crippen LogP contribution in [0, 0.1) is 5.92 Å². The maximum Gasteiger partial charge on any atom is 0.407 e. The lowest BCUT2D eigenvalue weighted by Gasteiger charge is -2.32. The van der Waals surface area contributed by atoms with E-state index in [1.807, 2.05) is 30.3 Å². The van der Waals surface area contributed by atoms with Gasteiger partial charge < -0.3 is 15.2 Å². The molecule has 2 rings (SSSR count). The lowest BCUT2D eigenvalue weighted by molar-refractivity contribution is 0.0239. The Hall–Kier alpha value is -1.55. The number of carbonyl (C=O) groups excluding carboxylic acids is 1. The molecule has 1 saturated carbocycles. The van der Waals surface area contributed by atoms with Crippen molar-refractivity contribution >= 4 is 6.09 Å². The number of aliphatic hydroxyl groups is 1. The van der Waals surface area contributed by atoms with Crippen molar-refractivity contribution in [1.82, 2.24) is 5.32 Å². The summed E-state index contributed by atoms with van der Waals surface area (Å²) < 4.78 is 5.05. The second kappa shape index (κ2) is 5.68. The van der Waals surface area contributed by atoms with Crippen LogP contribution in [0.4, 0.5) is 4.79 Å². The third kappa shape index (κ3) is 3.46. The number of alkyl carbamates (subject to hydrolysis) is 1. The van der Waals surface area contributed by atoms with Gasteiger partial charge in [0, 0.05) is 12.5 Å². The predicted octanol–water partition coefficient (Wildman–Crippen LogP) is 1.68. The van der Waals surface area contributed by atoms with E-state index in [1.165, 1.54) is 0 Å². The molecular weight excluding hydrogens is 218 g/mol. The van der Waals surface area contributed by atoms with Crippen LogP contribution in [-0.2, 0) is 11.3 Å². The number of nitrogens with one attached hydrogen (secondary N) is 1. The largest absolute Gasteiger partial charge is 0.445 e. The number of rotatable bonds is 4. The summed E-state index contributed by atoms with van der Waals surface area (Å²) in [4.78, 5) is 11.4. The van der Waals surface area contributed by atoms with Crippen LogP contribution in [0.1, 0.15) is 18.4 Å². The fourth-order valence-electron chi connectivity index (χ4n) is 1.78. The standard InChI is InChI=1S/C13H17NO3/c15-12-7-6-11(12)8-14-13(16)17-9-10-4-2-1-3-5-10/h1-5,11-12,15H,6-9H2,(H,14,16)/t11-,12+/m0/s1. The van der Waals surface area contributed by atoms with E-state index in [-0.39, 0.29) is 18.6 Å². The fraction of sp³-hybridized carbons (Fsp3) is 0.462. The van der Waals surface area contributed by atoms with Crippen LogP contribution in [0.2, 0.25) is 0 Å². The molecule has 1 aliphatic carbocycles. The molecule has 0 saturated heterocycles. The van der Waals surface area contributed by atoms with Crippen LogP contribution in [0.5, 0.6) is 0 Å². The van der Waals surface area contributed by atoms with Crippen LogP contribution >= 0.6 is 0 Å². The van der Waals surface area contributed by atoms with Crippen molar-refractivity contribution in [3.8, 4) is 0 Å². The summed E-state index contributed by atoms with van der Waals surface area (Å²) in [5.41, 5.74) is 0.964. The van der Waals surface area contributed by atoms with Gasteiger partial charge in [0.05, 0.1) is 6.10 Å². The smallest absolute Gasteiger partial charge is 0.407 e. The van der Waals surface area contributed by atoms with Crippen molar-refractivity contribution in [3.05, 3.63) is 35.9 Å². The van der Waals surface area contributed by atoms with E-state index < -0.39 is 6.09 Å². The lowest BCUT2D eigenvalue weighted by Crippen LogP contribution is -2.41.